The highest BCUT2D eigenvalue weighted by Gasteiger charge is 2.41. The number of nitrogens with one attached hydrogen (secondary N) is 2. The first-order valence-corrected chi connectivity index (χ1v) is 8.91. The first kappa shape index (κ1) is 16.1. The van der Waals surface area contributed by atoms with Crippen LogP contribution in [0.5, 0.6) is 0 Å². The van der Waals surface area contributed by atoms with E-state index in [2.05, 4.69) is 15.6 Å². The molecule has 1 aliphatic carbocycles. The topological polar surface area (TPSA) is 63.2 Å². The van der Waals surface area contributed by atoms with Crippen molar-refractivity contribution < 1.29 is 9.53 Å². The van der Waals surface area contributed by atoms with E-state index in [9.17, 15) is 4.79 Å². The van der Waals surface area contributed by atoms with Gasteiger partial charge in [-0.05, 0) is 55.4 Å². The number of carbonyl (C=O) groups excluding carboxylic acids is 1. The fourth-order valence-corrected chi connectivity index (χ4v) is 3.45. The van der Waals surface area contributed by atoms with E-state index in [0.717, 1.165) is 35.4 Å². The second kappa shape index (κ2) is 6.84. The summed E-state index contributed by atoms with van der Waals surface area (Å²) in [5.74, 6) is 0.628. The maximum absolute atomic E-state index is 12.5. The van der Waals surface area contributed by atoms with Gasteiger partial charge >= 0.3 is 6.03 Å². The third-order valence-electron chi connectivity index (χ3n) is 5.02. The number of urea groups is 1. The Morgan fingerprint density at radius 3 is 2.84 bits per heavy atom. The molecule has 2 N–H and O–H groups in total. The fraction of sp³-hybridized carbons (Fsp3) is 0.400. The minimum Gasteiger partial charge on any atom is -0.376 e. The van der Waals surface area contributed by atoms with Crippen LogP contribution in [-0.2, 0) is 4.74 Å². The molecule has 130 valence electrons. The molecule has 0 spiro atoms. The smallest absolute Gasteiger partial charge is 0.319 e. The molecule has 4 rings (SSSR count). The van der Waals surface area contributed by atoms with Crippen molar-refractivity contribution in [1.82, 2.24) is 10.3 Å². The number of hydrogen-bond acceptors (Lipinski definition) is 3. The van der Waals surface area contributed by atoms with Crippen LogP contribution < -0.4 is 10.6 Å². The number of carbonyl (C=O) groups is 1. The number of ether oxygens (including phenoxy) is 1. The Hall–Kier alpha value is -2.40. The van der Waals surface area contributed by atoms with E-state index in [1.54, 1.807) is 6.20 Å². The lowest BCUT2D eigenvalue weighted by Crippen LogP contribution is -2.43. The van der Waals surface area contributed by atoms with Crippen LogP contribution in [0, 0.1) is 12.8 Å². The number of benzene rings is 1. The molecule has 25 heavy (non-hydrogen) atoms. The summed E-state index contributed by atoms with van der Waals surface area (Å²) in [6.07, 6.45) is 7.10. The summed E-state index contributed by atoms with van der Waals surface area (Å²) in [6, 6.07) is 9.94. The Kier molecular flexibility index (Phi) is 4.40. The van der Waals surface area contributed by atoms with Gasteiger partial charge in [0.05, 0.1) is 12.1 Å². The number of amides is 2. The van der Waals surface area contributed by atoms with Crippen molar-refractivity contribution in [3.8, 4) is 11.1 Å². The van der Waals surface area contributed by atoms with E-state index >= 15 is 0 Å². The number of rotatable bonds is 4. The summed E-state index contributed by atoms with van der Waals surface area (Å²) < 4.78 is 5.79. The van der Waals surface area contributed by atoms with Gasteiger partial charge in [-0.25, -0.2) is 4.79 Å². The SMILES string of the molecule is Cc1ccc(-c2cccnc2)cc1NC(=O)N[C@@H]1CCO[C@H]1C1CC1. The number of aryl methyl sites for hydroxylation is 1. The van der Waals surface area contributed by atoms with E-state index in [-0.39, 0.29) is 18.2 Å². The van der Waals surface area contributed by atoms with Crippen LogP contribution in [0.1, 0.15) is 24.8 Å². The van der Waals surface area contributed by atoms with Gasteiger partial charge < -0.3 is 15.4 Å². The summed E-state index contributed by atoms with van der Waals surface area (Å²) in [5, 5.41) is 6.10. The van der Waals surface area contributed by atoms with Crippen LogP contribution >= 0.6 is 0 Å². The molecule has 2 atom stereocenters. The van der Waals surface area contributed by atoms with E-state index in [4.69, 9.17) is 4.74 Å². The monoisotopic (exact) mass is 337 g/mol. The molecular formula is C20H23N3O2. The summed E-state index contributed by atoms with van der Waals surface area (Å²) in [6.45, 7) is 2.73. The highest BCUT2D eigenvalue weighted by atomic mass is 16.5. The van der Waals surface area contributed by atoms with E-state index < -0.39 is 0 Å². The standard InChI is InChI=1S/C20H23N3O2/c1-13-4-5-15(16-3-2-9-21-12-16)11-18(13)23-20(24)22-17-8-10-25-19(17)14-6-7-14/h2-5,9,11-12,14,17,19H,6-8,10H2,1H3,(H2,22,23,24)/t17-,19+/m1/s1. The van der Waals surface area contributed by atoms with E-state index in [0.29, 0.717) is 5.92 Å². The molecule has 2 heterocycles. The average Bonchev–Trinajstić information content (AvgIpc) is 3.37. The summed E-state index contributed by atoms with van der Waals surface area (Å²) in [4.78, 5) is 16.6. The quantitative estimate of drug-likeness (QED) is 0.893. The average molecular weight is 337 g/mol. The van der Waals surface area contributed by atoms with Gasteiger partial charge in [0.1, 0.15) is 0 Å². The predicted molar refractivity (Wildman–Crippen MR) is 97.4 cm³/mol. The van der Waals surface area contributed by atoms with Crippen molar-refractivity contribution in [2.24, 2.45) is 5.92 Å². The number of hydrogen-bond donors (Lipinski definition) is 2. The normalized spacial score (nSPS) is 22.6. The molecule has 1 aromatic heterocycles. The van der Waals surface area contributed by atoms with Crippen molar-refractivity contribution in [3.05, 3.63) is 48.3 Å². The Morgan fingerprint density at radius 1 is 1.20 bits per heavy atom. The molecule has 0 unspecified atom stereocenters. The molecule has 5 nitrogen and oxygen atoms in total. The third-order valence-corrected chi connectivity index (χ3v) is 5.02. The zero-order valence-electron chi connectivity index (χ0n) is 14.4. The fourth-order valence-electron chi connectivity index (χ4n) is 3.45. The maximum atomic E-state index is 12.5. The Balaban J connectivity index is 1.45. The molecule has 0 radical (unpaired) electrons. The second-order valence-corrected chi connectivity index (χ2v) is 6.94. The lowest BCUT2D eigenvalue weighted by atomic mass is 10.0. The lowest BCUT2D eigenvalue weighted by molar-refractivity contribution is 0.0829. The molecule has 1 aliphatic heterocycles. The molecule has 1 saturated carbocycles. The van der Waals surface area contributed by atoms with Crippen LogP contribution in [0.25, 0.3) is 11.1 Å². The van der Waals surface area contributed by atoms with Gasteiger partial charge in [-0.1, -0.05) is 18.2 Å². The molecule has 1 aromatic carbocycles. The van der Waals surface area contributed by atoms with Crippen molar-refractivity contribution >= 4 is 11.7 Å². The Bertz CT molecular complexity index is 759. The summed E-state index contributed by atoms with van der Waals surface area (Å²) in [5.41, 5.74) is 3.92. The highest BCUT2D eigenvalue weighted by Crippen LogP contribution is 2.38. The number of aromatic nitrogens is 1. The summed E-state index contributed by atoms with van der Waals surface area (Å²) in [7, 11) is 0. The van der Waals surface area contributed by atoms with Gasteiger partial charge in [0.15, 0.2) is 0 Å². The zero-order valence-corrected chi connectivity index (χ0v) is 14.4. The zero-order chi connectivity index (χ0) is 17.2. The number of anilines is 1. The molecule has 5 heteroatoms. The van der Waals surface area contributed by atoms with Gasteiger partial charge in [0, 0.05) is 30.3 Å². The van der Waals surface area contributed by atoms with E-state index in [1.807, 2.05) is 43.5 Å². The van der Waals surface area contributed by atoms with Gasteiger partial charge in [0.25, 0.3) is 0 Å². The van der Waals surface area contributed by atoms with Crippen LogP contribution in [0.4, 0.5) is 10.5 Å². The van der Waals surface area contributed by atoms with Crippen LogP contribution in [0.2, 0.25) is 0 Å². The van der Waals surface area contributed by atoms with Crippen LogP contribution in [0.3, 0.4) is 0 Å². The predicted octanol–water partition coefficient (Wildman–Crippen LogP) is 3.75. The maximum Gasteiger partial charge on any atom is 0.319 e. The number of pyridine rings is 1. The van der Waals surface area contributed by atoms with Gasteiger partial charge in [-0.2, -0.15) is 0 Å². The van der Waals surface area contributed by atoms with Crippen molar-refractivity contribution in [1.29, 1.82) is 0 Å². The molecule has 0 bridgehead atoms. The first-order chi connectivity index (χ1) is 12.2. The number of nitrogens with zero attached hydrogens (tertiary/aromatic N) is 1. The van der Waals surface area contributed by atoms with Gasteiger partial charge in [-0.3, -0.25) is 4.98 Å². The molecule has 2 aliphatic rings. The largest absolute Gasteiger partial charge is 0.376 e. The minimum absolute atomic E-state index is 0.120. The first-order valence-electron chi connectivity index (χ1n) is 8.91. The second-order valence-electron chi connectivity index (χ2n) is 6.94. The Labute approximate surface area is 147 Å². The third kappa shape index (κ3) is 3.66. The van der Waals surface area contributed by atoms with E-state index in [1.165, 1.54) is 12.8 Å². The molecule has 2 aromatic rings. The Morgan fingerprint density at radius 2 is 2.08 bits per heavy atom. The minimum atomic E-state index is -0.160. The molecule has 2 amide bonds. The molecular weight excluding hydrogens is 314 g/mol. The van der Waals surface area contributed by atoms with Crippen molar-refractivity contribution in [2.45, 2.75) is 38.3 Å². The van der Waals surface area contributed by atoms with Crippen molar-refractivity contribution in [3.63, 3.8) is 0 Å². The van der Waals surface area contributed by atoms with Gasteiger partial charge in [0.2, 0.25) is 0 Å². The van der Waals surface area contributed by atoms with Crippen molar-refractivity contribution in [2.75, 3.05) is 11.9 Å². The van der Waals surface area contributed by atoms with Crippen LogP contribution in [0.15, 0.2) is 42.7 Å². The van der Waals surface area contributed by atoms with Crippen LogP contribution in [-0.4, -0.2) is 29.8 Å². The highest BCUT2D eigenvalue weighted by molar-refractivity contribution is 5.91. The molecule has 1 saturated heterocycles. The molecule has 2 fully saturated rings. The summed E-state index contributed by atoms with van der Waals surface area (Å²) >= 11 is 0. The van der Waals surface area contributed by atoms with Gasteiger partial charge in [-0.15, -0.1) is 0 Å². The lowest BCUT2D eigenvalue weighted by Gasteiger charge is -2.20.